The summed E-state index contributed by atoms with van der Waals surface area (Å²) >= 11 is 0. The van der Waals surface area contributed by atoms with Crippen molar-refractivity contribution in [1.29, 1.82) is 0 Å². The van der Waals surface area contributed by atoms with Crippen molar-refractivity contribution < 1.29 is 18.8 Å². The summed E-state index contributed by atoms with van der Waals surface area (Å²) in [5, 5.41) is 2.84. The molecule has 0 bridgehead atoms. The second-order valence-electron chi connectivity index (χ2n) is 7.56. The Hall–Kier alpha value is -3.13. The van der Waals surface area contributed by atoms with Gasteiger partial charge in [0.15, 0.2) is 5.76 Å². The minimum Gasteiger partial charge on any atom is -0.459 e. The second kappa shape index (κ2) is 9.13. The van der Waals surface area contributed by atoms with E-state index in [1.165, 1.54) is 6.26 Å². The first-order chi connectivity index (χ1) is 14.6. The van der Waals surface area contributed by atoms with Crippen LogP contribution in [0.25, 0.3) is 0 Å². The van der Waals surface area contributed by atoms with Crippen molar-refractivity contribution in [2.75, 3.05) is 50.7 Å². The summed E-state index contributed by atoms with van der Waals surface area (Å²) in [7, 11) is 0. The Labute approximate surface area is 175 Å². The minimum absolute atomic E-state index is 0.0140. The Bertz CT molecular complexity index is 886. The molecule has 8 nitrogen and oxygen atoms in total. The minimum atomic E-state index is -0.215. The Morgan fingerprint density at radius 2 is 1.77 bits per heavy atom. The highest BCUT2D eigenvalue weighted by atomic mass is 16.3. The fourth-order valence-electron chi connectivity index (χ4n) is 3.88. The van der Waals surface area contributed by atoms with Crippen LogP contribution in [0.15, 0.2) is 47.1 Å². The number of piperazine rings is 1. The van der Waals surface area contributed by atoms with Crippen LogP contribution in [-0.4, -0.2) is 73.3 Å². The van der Waals surface area contributed by atoms with Crippen LogP contribution in [0.1, 0.15) is 33.8 Å². The molecule has 4 rings (SSSR count). The molecular formula is C22H26N4O4. The van der Waals surface area contributed by atoms with E-state index in [1.807, 2.05) is 17.0 Å². The summed E-state index contributed by atoms with van der Waals surface area (Å²) in [6, 6.07) is 10.6. The highest BCUT2D eigenvalue weighted by Crippen LogP contribution is 2.22. The molecule has 0 aliphatic carbocycles. The average Bonchev–Trinajstić information content (AvgIpc) is 3.46. The molecule has 2 aliphatic rings. The van der Waals surface area contributed by atoms with Crippen molar-refractivity contribution in [1.82, 2.24) is 15.1 Å². The monoisotopic (exact) mass is 410 g/mol. The molecule has 2 fully saturated rings. The van der Waals surface area contributed by atoms with E-state index >= 15 is 0 Å². The van der Waals surface area contributed by atoms with Crippen LogP contribution in [0.3, 0.4) is 0 Å². The standard InChI is InChI=1S/C22H26N4O4/c27-20-4-1-10-26(20)18-7-5-17(6-8-18)22(29)25-14-12-24(13-15-25)11-9-23-21(28)19-3-2-16-30-19/h2-3,5-8,16H,1,4,9-15H2,(H,23,28). The molecule has 30 heavy (non-hydrogen) atoms. The second-order valence-corrected chi connectivity index (χ2v) is 7.56. The molecule has 0 spiro atoms. The third kappa shape index (κ3) is 4.54. The molecule has 2 aliphatic heterocycles. The van der Waals surface area contributed by atoms with Crippen LogP contribution in [0.2, 0.25) is 0 Å². The van der Waals surface area contributed by atoms with Crippen molar-refractivity contribution in [3.8, 4) is 0 Å². The van der Waals surface area contributed by atoms with E-state index in [-0.39, 0.29) is 17.7 Å². The number of carbonyl (C=O) groups is 3. The number of nitrogens with one attached hydrogen (secondary N) is 1. The Kier molecular flexibility index (Phi) is 6.13. The third-order valence-corrected chi connectivity index (χ3v) is 5.62. The number of hydrogen-bond acceptors (Lipinski definition) is 5. The zero-order valence-electron chi connectivity index (χ0n) is 16.9. The topological polar surface area (TPSA) is 86.1 Å². The maximum Gasteiger partial charge on any atom is 0.287 e. The van der Waals surface area contributed by atoms with E-state index < -0.39 is 0 Å². The number of carbonyl (C=O) groups excluding carboxylic acids is 3. The number of nitrogens with zero attached hydrogens (tertiary/aromatic N) is 3. The molecule has 0 radical (unpaired) electrons. The number of anilines is 1. The normalized spacial score (nSPS) is 17.4. The number of furan rings is 1. The molecule has 1 aromatic carbocycles. The molecule has 1 N–H and O–H groups in total. The molecule has 158 valence electrons. The Morgan fingerprint density at radius 1 is 1.00 bits per heavy atom. The van der Waals surface area contributed by atoms with Crippen molar-refractivity contribution in [2.24, 2.45) is 0 Å². The molecule has 3 amide bonds. The predicted molar refractivity (Wildman–Crippen MR) is 111 cm³/mol. The Morgan fingerprint density at radius 3 is 2.40 bits per heavy atom. The highest BCUT2D eigenvalue weighted by Gasteiger charge is 2.24. The summed E-state index contributed by atoms with van der Waals surface area (Å²) in [6.07, 6.45) is 2.96. The molecular weight excluding hydrogens is 384 g/mol. The number of benzene rings is 1. The summed E-state index contributed by atoms with van der Waals surface area (Å²) in [6.45, 7) is 4.84. The van der Waals surface area contributed by atoms with Gasteiger partial charge in [-0.1, -0.05) is 0 Å². The summed E-state index contributed by atoms with van der Waals surface area (Å²) in [4.78, 5) is 42.4. The zero-order valence-corrected chi connectivity index (χ0v) is 16.9. The number of rotatable bonds is 6. The number of amides is 3. The molecule has 2 aromatic rings. The first-order valence-electron chi connectivity index (χ1n) is 10.4. The molecule has 1 aromatic heterocycles. The van der Waals surface area contributed by atoms with Crippen LogP contribution in [0.4, 0.5) is 5.69 Å². The van der Waals surface area contributed by atoms with Gasteiger partial charge < -0.3 is 19.5 Å². The van der Waals surface area contributed by atoms with Crippen molar-refractivity contribution in [3.05, 3.63) is 54.0 Å². The van der Waals surface area contributed by atoms with E-state index in [0.29, 0.717) is 37.4 Å². The molecule has 3 heterocycles. The lowest BCUT2D eigenvalue weighted by atomic mass is 10.1. The van der Waals surface area contributed by atoms with E-state index in [0.717, 1.165) is 38.3 Å². The van der Waals surface area contributed by atoms with Crippen LogP contribution in [0.5, 0.6) is 0 Å². The van der Waals surface area contributed by atoms with Gasteiger partial charge in [0.25, 0.3) is 11.8 Å². The van der Waals surface area contributed by atoms with Crippen LogP contribution in [0, 0.1) is 0 Å². The van der Waals surface area contributed by atoms with Gasteiger partial charge in [-0.2, -0.15) is 0 Å². The van der Waals surface area contributed by atoms with Gasteiger partial charge in [-0.25, -0.2) is 0 Å². The fourth-order valence-corrected chi connectivity index (χ4v) is 3.88. The molecule has 0 unspecified atom stereocenters. The van der Waals surface area contributed by atoms with E-state index in [2.05, 4.69) is 10.2 Å². The van der Waals surface area contributed by atoms with Gasteiger partial charge in [0.2, 0.25) is 5.91 Å². The zero-order chi connectivity index (χ0) is 20.9. The first-order valence-corrected chi connectivity index (χ1v) is 10.4. The molecule has 2 saturated heterocycles. The summed E-state index contributed by atoms with van der Waals surface area (Å²) < 4.78 is 5.07. The van der Waals surface area contributed by atoms with Gasteiger partial charge in [-0.3, -0.25) is 19.3 Å². The summed E-state index contributed by atoms with van der Waals surface area (Å²) in [5.74, 6) is 0.254. The lowest BCUT2D eigenvalue weighted by Crippen LogP contribution is -2.50. The summed E-state index contributed by atoms with van der Waals surface area (Å²) in [5.41, 5.74) is 1.50. The molecule has 8 heteroatoms. The van der Waals surface area contributed by atoms with Crippen molar-refractivity contribution >= 4 is 23.4 Å². The van der Waals surface area contributed by atoms with Crippen molar-refractivity contribution in [3.63, 3.8) is 0 Å². The van der Waals surface area contributed by atoms with Crippen LogP contribution in [-0.2, 0) is 4.79 Å². The van der Waals surface area contributed by atoms with Crippen LogP contribution >= 0.6 is 0 Å². The fraction of sp³-hybridized carbons (Fsp3) is 0.409. The lowest BCUT2D eigenvalue weighted by molar-refractivity contribution is -0.117. The number of hydrogen-bond donors (Lipinski definition) is 1. The quantitative estimate of drug-likeness (QED) is 0.782. The van der Waals surface area contributed by atoms with Crippen molar-refractivity contribution in [2.45, 2.75) is 12.8 Å². The SMILES string of the molecule is O=C(NCCN1CCN(C(=O)c2ccc(N3CCCC3=O)cc2)CC1)c1ccco1. The maximum absolute atomic E-state index is 12.8. The molecule has 0 saturated carbocycles. The average molecular weight is 410 g/mol. The first kappa shape index (κ1) is 20.2. The maximum atomic E-state index is 12.8. The van der Waals surface area contributed by atoms with Crippen LogP contribution < -0.4 is 10.2 Å². The largest absolute Gasteiger partial charge is 0.459 e. The predicted octanol–water partition coefficient (Wildman–Crippen LogP) is 1.59. The van der Waals surface area contributed by atoms with Gasteiger partial charge in [-0.05, 0) is 42.8 Å². The lowest BCUT2D eigenvalue weighted by Gasteiger charge is -2.34. The van der Waals surface area contributed by atoms with E-state index in [4.69, 9.17) is 4.42 Å². The highest BCUT2D eigenvalue weighted by molar-refractivity contribution is 5.97. The van der Waals surface area contributed by atoms with Gasteiger partial charge in [0.05, 0.1) is 6.26 Å². The smallest absolute Gasteiger partial charge is 0.287 e. The van der Waals surface area contributed by atoms with Gasteiger partial charge in [-0.15, -0.1) is 0 Å². The van der Waals surface area contributed by atoms with Gasteiger partial charge in [0.1, 0.15) is 0 Å². The van der Waals surface area contributed by atoms with Gasteiger partial charge >= 0.3 is 0 Å². The van der Waals surface area contributed by atoms with E-state index in [1.54, 1.807) is 29.2 Å². The molecule has 0 atom stereocenters. The van der Waals surface area contributed by atoms with E-state index in [9.17, 15) is 14.4 Å². The van der Waals surface area contributed by atoms with Gasteiger partial charge in [0, 0.05) is 63.5 Å². The third-order valence-electron chi connectivity index (χ3n) is 5.62. The Balaban J connectivity index is 1.22.